The molecule has 4 rings (SSSR count). The standard InChI is InChI=1S/C24H28N4O2/c1-26(2)20-10-8-18(9-11-20)24(29)27-13-12-23-25-16-22(28(23)15-14-27)21-7-5-4-6-19(21)17-30-3/h4-11,16H,12-15,17H2,1-3H3. The molecule has 3 aromatic rings. The van der Waals surface area contributed by atoms with Crippen LogP contribution in [0.3, 0.4) is 0 Å². The van der Waals surface area contributed by atoms with E-state index in [2.05, 4.69) is 21.7 Å². The van der Waals surface area contributed by atoms with Crippen molar-refractivity contribution in [2.24, 2.45) is 0 Å². The Morgan fingerprint density at radius 2 is 1.83 bits per heavy atom. The molecule has 1 aliphatic rings. The fraction of sp³-hybridized carbons (Fsp3) is 0.333. The highest BCUT2D eigenvalue weighted by atomic mass is 16.5. The lowest BCUT2D eigenvalue weighted by Gasteiger charge is -2.21. The molecule has 6 heteroatoms. The molecule has 1 amide bonds. The quantitative estimate of drug-likeness (QED) is 0.654. The van der Waals surface area contributed by atoms with Gasteiger partial charge in [-0.1, -0.05) is 24.3 Å². The van der Waals surface area contributed by atoms with Gasteiger partial charge in [0.1, 0.15) is 5.82 Å². The number of nitrogens with zero attached hydrogens (tertiary/aromatic N) is 4. The highest BCUT2D eigenvalue weighted by Gasteiger charge is 2.23. The van der Waals surface area contributed by atoms with E-state index in [0.717, 1.165) is 46.9 Å². The minimum atomic E-state index is 0.0763. The number of methoxy groups -OCH3 is 1. The highest BCUT2D eigenvalue weighted by molar-refractivity contribution is 5.94. The van der Waals surface area contributed by atoms with Crippen molar-refractivity contribution in [2.45, 2.75) is 19.6 Å². The second-order valence-corrected chi connectivity index (χ2v) is 7.78. The molecule has 0 unspecified atom stereocenters. The normalized spacial score (nSPS) is 13.6. The molecule has 0 aliphatic carbocycles. The van der Waals surface area contributed by atoms with Crippen LogP contribution in [0.4, 0.5) is 5.69 Å². The van der Waals surface area contributed by atoms with Crippen molar-refractivity contribution in [2.75, 3.05) is 39.2 Å². The van der Waals surface area contributed by atoms with Crippen molar-refractivity contribution in [3.8, 4) is 11.3 Å². The summed E-state index contributed by atoms with van der Waals surface area (Å²) < 4.78 is 7.62. The number of carbonyl (C=O) groups is 1. The molecule has 0 N–H and O–H groups in total. The van der Waals surface area contributed by atoms with Gasteiger partial charge < -0.3 is 19.1 Å². The molecule has 0 radical (unpaired) electrons. The second kappa shape index (κ2) is 8.71. The topological polar surface area (TPSA) is 50.6 Å². The van der Waals surface area contributed by atoms with Gasteiger partial charge in [-0.05, 0) is 29.8 Å². The van der Waals surface area contributed by atoms with Crippen molar-refractivity contribution in [3.63, 3.8) is 0 Å². The number of rotatable bonds is 5. The predicted molar refractivity (Wildman–Crippen MR) is 119 cm³/mol. The van der Waals surface area contributed by atoms with E-state index < -0.39 is 0 Å². The van der Waals surface area contributed by atoms with Gasteiger partial charge in [0.2, 0.25) is 0 Å². The minimum Gasteiger partial charge on any atom is -0.380 e. The van der Waals surface area contributed by atoms with Gasteiger partial charge in [-0.15, -0.1) is 0 Å². The van der Waals surface area contributed by atoms with Crippen LogP contribution >= 0.6 is 0 Å². The first-order valence-corrected chi connectivity index (χ1v) is 10.3. The smallest absolute Gasteiger partial charge is 0.253 e. The molecule has 0 saturated heterocycles. The summed E-state index contributed by atoms with van der Waals surface area (Å²) in [6, 6.07) is 16.1. The fourth-order valence-corrected chi connectivity index (χ4v) is 3.98. The summed E-state index contributed by atoms with van der Waals surface area (Å²) in [7, 11) is 5.70. The third-order valence-corrected chi connectivity index (χ3v) is 5.65. The summed E-state index contributed by atoms with van der Waals surface area (Å²) in [5.74, 6) is 1.10. The van der Waals surface area contributed by atoms with Crippen molar-refractivity contribution in [1.82, 2.24) is 14.5 Å². The Kier molecular flexibility index (Phi) is 5.86. The molecule has 2 aromatic carbocycles. The molecule has 2 heterocycles. The summed E-state index contributed by atoms with van der Waals surface area (Å²) in [5.41, 5.74) is 5.17. The maximum absolute atomic E-state index is 13.1. The van der Waals surface area contributed by atoms with Crippen LogP contribution in [0.25, 0.3) is 11.3 Å². The molecular formula is C24H28N4O2. The third kappa shape index (κ3) is 3.96. The second-order valence-electron chi connectivity index (χ2n) is 7.78. The van der Waals surface area contributed by atoms with Gasteiger partial charge in [0.05, 0.1) is 18.5 Å². The van der Waals surface area contributed by atoms with E-state index >= 15 is 0 Å². The van der Waals surface area contributed by atoms with Gasteiger partial charge in [-0.25, -0.2) is 4.98 Å². The summed E-state index contributed by atoms with van der Waals surface area (Å²) in [6.45, 7) is 2.62. The van der Waals surface area contributed by atoms with Crippen molar-refractivity contribution < 1.29 is 9.53 Å². The molecule has 0 spiro atoms. The number of benzene rings is 2. The van der Waals surface area contributed by atoms with Gasteiger partial charge in [0.25, 0.3) is 5.91 Å². The lowest BCUT2D eigenvalue weighted by atomic mass is 10.1. The number of aromatic nitrogens is 2. The Bertz CT molecular complexity index is 1020. The van der Waals surface area contributed by atoms with E-state index in [1.54, 1.807) is 7.11 Å². The van der Waals surface area contributed by atoms with Crippen molar-refractivity contribution >= 4 is 11.6 Å². The number of carbonyl (C=O) groups excluding carboxylic acids is 1. The number of anilines is 1. The zero-order valence-electron chi connectivity index (χ0n) is 17.8. The van der Waals surface area contributed by atoms with E-state index in [9.17, 15) is 4.79 Å². The van der Waals surface area contributed by atoms with Crippen LogP contribution in [0.1, 0.15) is 21.7 Å². The van der Waals surface area contributed by atoms with E-state index in [4.69, 9.17) is 4.74 Å². The first-order valence-electron chi connectivity index (χ1n) is 10.3. The maximum atomic E-state index is 13.1. The average Bonchev–Trinajstić information content (AvgIpc) is 3.04. The number of hydrogen-bond donors (Lipinski definition) is 0. The Labute approximate surface area is 177 Å². The Hall–Kier alpha value is -3.12. The zero-order chi connectivity index (χ0) is 21.1. The van der Waals surface area contributed by atoms with Gasteiger partial charge in [-0.3, -0.25) is 4.79 Å². The lowest BCUT2D eigenvalue weighted by molar-refractivity contribution is 0.0759. The number of hydrogen-bond acceptors (Lipinski definition) is 4. The van der Waals surface area contributed by atoms with Crippen LogP contribution in [0.15, 0.2) is 54.7 Å². The van der Waals surface area contributed by atoms with Gasteiger partial charge in [-0.2, -0.15) is 0 Å². The van der Waals surface area contributed by atoms with Crippen molar-refractivity contribution in [3.05, 3.63) is 71.7 Å². The molecule has 6 nitrogen and oxygen atoms in total. The van der Waals surface area contributed by atoms with Crippen LogP contribution in [0.2, 0.25) is 0 Å². The summed E-state index contributed by atoms with van der Waals surface area (Å²) >= 11 is 0. The molecule has 0 bridgehead atoms. The SMILES string of the molecule is COCc1ccccc1-c1cnc2n1CCN(C(=O)c1ccc(N(C)C)cc1)CC2. The van der Waals surface area contributed by atoms with Gasteiger partial charge in [0.15, 0.2) is 0 Å². The summed E-state index contributed by atoms with van der Waals surface area (Å²) in [6.07, 6.45) is 2.69. The highest BCUT2D eigenvalue weighted by Crippen LogP contribution is 2.27. The lowest BCUT2D eigenvalue weighted by Crippen LogP contribution is -2.33. The average molecular weight is 405 g/mol. The van der Waals surface area contributed by atoms with Crippen molar-refractivity contribution in [1.29, 1.82) is 0 Å². The number of amides is 1. The zero-order valence-corrected chi connectivity index (χ0v) is 17.8. The molecule has 0 saturated carbocycles. The van der Waals surface area contributed by atoms with Crippen LogP contribution in [0.5, 0.6) is 0 Å². The first kappa shape index (κ1) is 20.2. The largest absolute Gasteiger partial charge is 0.380 e. The molecule has 156 valence electrons. The molecule has 1 aliphatic heterocycles. The first-order chi connectivity index (χ1) is 14.6. The molecule has 30 heavy (non-hydrogen) atoms. The van der Waals surface area contributed by atoms with E-state index in [-0.39, 0.29) is 5.91 Å². The molecule has 0 atom stereocenters. The fourth-order valence-electron chi connectivity index (χ4n) is 3.98. The summed E-state index contributed by atoms with van der Waals surface area (Å²) in [5, 5.41) is 0. The van der Waals surface area contributed by atoms with E-state index in [1.807, 2.05) is 66.5 Å². The summed E-state index contributed by atoms with van der Waals surface area (Å²) in [4.78, 5) is 21.7. The number of ether oxygens (including phenoxy) is 1. The van der Waals surface area contributed by atoms with Gasteiger partial charge in [0, 0.05) is 64.1 Å². The van der Waals surface area contributed by atoms with Crippen LogP contribution in [-0.4, -0.2) is 54.7 Å². The monoisotopic (exact) mass is 404 g/mol. The van der Waals surface area contributed by atoms with E-state index in [0.29, 0.717) is 19.7 Å². The van der Waals surface area contributed by atoms with Crippen LogP contribution in [0, 0.1) is 0 Å². The van der Waals surface area contributed by atoms with E-state index in [1.165, 1.54) is 0 Å². The molecular weight excluding hydrogens is 376 g/mol. The Balaban J connectivity index is 1.54. The Morgan fingerprint density at radius 1 is 1.07 bits per heavy atom. The number of imidazole rings is 1. The van der Waals surface area contributed by atoms with Crippen LogP contribution < -0.4 is 4.90 Å². The third-order valence-electron chi connectivity index (χ3n) is 5.65. The Morgan fingerprint density at radius 3 is 2.57 bits per heavy atom. The molecule has 1 aromatic heterocycles. The maximum Gasteiger partial charge on any atom is 0.253 e. The predicted octanol–water partition coefficient (Wildman–Crippen LogP) is 3.46. The minimum absolute atomic E-state index is 0.0763. The van der Waals surface area contributed by atoms with Crippen LogP contribution in [-0.2, 0) is 24.3 Å². The number of fused-ring (bicyclic) bond motifs is 1. The van der Waals surface area contributed by atoms with Gasteiger partial charge >= 0.3 is 0 Å². The molecule has 0 fully saturated rings.